The van der Waals surface area contributed by atoms with Gasteiger partial charge >= 0.3 is 12.1 Å². The first-order valence-electron chi connectivity index (χ1n) is 15.9. The Morgan fingerprint density at radius 3 is 2.35 bits per heavy atom. The first-order chi connectivity index (χ1) is 23.8. The number of pyridine rings is 1. The monoisotopic (exact) mass is 736 g/mol. The number of aromatic nitrogens is 5. The van der Waals surface area contributed by atoms with Crippen LogP contribution in [0.1, 0.15) is 39.7 Å². The van der Waals surface area contributed by atoms with Gasteiger partial charge in [-0.1, -0.05) is 30.3 Å². The molecule has 0 fully saturated rings. The van der Waals surface area contributed by atoms with Crippen molar-refractivity contribution in [3.05, 3.63) is 72.7 Å². The normalized spacial score (nSPS) is 12.7. The molecule has 11 nitrogen and oxygen atoms in total. The van der Waals surface area contributed by atoms with Gasteiger partial charge in [0.2, 0.25) is 5.88 Å². The summed E-state index contributed by atoms with van der Waals surface area (Å²) < 4.78 is 78.7. The van der Waals surface area contributed by atoms with Gasteiger partial charge < -0.3 is 19.6 Å². The molecule has 0 saturated heterocycles. The van der Waals surface area contributed by atoms with Crippen LogP contribution in [0.4, 0.5) is 27.8 Å². The molecule has 0 spiro atoms. The summed E-state index contributed by atoms with van der Waals surface area (Å²) in [6.07, 6.45) is 0.0258. The molecule has 3 heterocycles. The van der Waals surface area contributed by atoms with Crippen molar-refractivity contribution in [1.82, 2.24) is 29.6 Å². The molecule has 0 radical (unpaired) electrons. The van der Waals surface area contributed by atoms with Crippen molar-refractivity contribution in [3.63, 3.8) is 0 Å². The van der Waals surface area contributed by atoms with Crippen molar-refractivity contribution < 1.29 is 36.6 Å². The summed E-state index contributed by atoms with van der Waals surface area (Å²) >= 11 is 0.962. The molecule has 3 N–H and O–H groups in total. The second-order valence-corrected chi connectivity index (χ2v) is 14.1. The number of nitrogens with two attached hydrogens (primary N) is 1. The van der Waals surface area contributed by atoms with Crippen LogP contribution < -0.4 is 14.8 Å². The number of hydrogen-bond donors (Lipinski definition) is 2. The summed E-state index contributed by atoms with van der Waals surface area (Å²) in [6.45, 7) is 4.64. The molecule has 0 aliphatic carbocycles. The summed E-state index contributed by atoms with van der Waals surface area (Å²) in [7, 11) is 1.57. The molecule has 51 heavy (non-hydrogen) atoms. The fourth-order valence-electron chi connectivity index (χ4n) is 5.04. The molecule has 0 saturated carbocycles. The number of carboxylic acids is 1. The quantitative estimate of drug-likeness (QED) is 0.0887. The molecule has 1 aromatic carbocycles. The second kappa shape index (κ2) is 15.9. The van der Waals surface area contributed by atoms with E-state index >= 15 is 8.78 Å². The molecule has 0 atom stereocenters. The predicted octanol–water partition coefficient (Wildman–Crippen LogP) is 6.69. The topological polar surface area (TPSA) is 136 Å². The standard InChI is InChI=1S/C34H41F5N8O3S/c1-31(2,30(48)49)20-46(25-12-8-13-27(43-25)51-40)18-9-17-45(5)21-33(35,36)24-11-7-6-10-23(24)28-29(42-16-15-41-28)47-19-14-26(44-47)50-22-32(3,4)34(37,38)39/h6-8,10-16,19H,9,17-18,20-22,40H2,1-5H3,(H,48,49). The molecule has 0 aliphatic rings. The van der Waals surface area contributed by atoms with Crippen LogP contribution in [0.3, 0.4) is 0 Å². The van der Waals surface area contributed by atoms with Crippen molar-refractivity contribution in [2.24, 2.45) is 16.0 Å². The fourth-order valence-corrected chi connectivity index (χ4v) is 5.34. The average Bonchev–Trinajstić information content (AvgIpc) is 3.55. The van der Waals surface area contributed by atoms with Crippen LogP contribution in [0.25, 0.3) is 17.1 Å². The highest BCUT2D eigenvalue weighted by atomic mass is 32.2. The number of halogens is 5. The van der Waals surface area contributed by atoms with E-state index in [9.17, 15) is 23.1 Å². The fraction of sp³-hybridized carbons (Fsp3) is 0.441. The number of likely N-dealkylation sites (N-methyl/N-ethyl adjacent to an activating group) is 1. The van der Waals surface area contributed by atoms with Gasteiger partial charge in [-0.15, -0.1) is 5.10 Å². The van der Waals surface area contributed by atoms with Gasteiger partial charge in [-0.2, -0.15) is 22.0 Å². The minimum absolute atomic E-state index is 0.0779. The summed E-state index contributed by atoms with van der Waals surface area (Å²) in [6, 6.07) is 12.5. The lowest BCUT2D eigenvalue weighted by molar-refractivity contribution is -0.219. The molecular weight excluding hydrogens is 695 g/mol. The van der Waals surface area contributed by atoms with E-state index in [-0.39, 0.29) is 41.6 Å². The highest BCUT2D eigenvalue weighted by Gasteiger charge is 2.48. The molecule has 276 valence electrons. The highest BCUT2D eigenvalue weighted by Crippen LogP contribution is 2.39. The third kappa shape index (κ3) is 9.92. The average molecular weight is 737 g/mol. The number of carbonyl (C=O) groups is 1. The lowest BCUT2D eigenvalue weighted by Gasteiger charge is -2.32. The van der Waals surface area contributed by atoms with Crippen molar-refractivity contribution in [1.29, 1.82) is 0 Å². The van der Waals surface area contributed by atoms with Gasteiger partial charge in [-0.05, 0) is 71.8 Å². The van der Waals surface area contributed by atoms with Crippen molar-refractivity contribution in [2.75, 3.05) is 44.7 Å². The van der Waals surface area contributed by atoms with Crippen LogP contribution in [0.15, 0.2) is 72.1 Å². The minimum Gasteiger partial charge on any atom is -0.481 e. The maximum absolute atomic E-state index is 16.1. The Morgan fingerprint density at radius 2 is 1.67 bits per heavy atom. The number of alkyl halides is 5. The Bertz CT molecular complexity index is 1790. The van der Waals surface area contributed by atoms with E-state index in [1.54, 1.807) is 45.2 Å². The molecule has 0 bridgehead atoms. The Hall–Kier alpha value is -4.35. The summed E-state index contributed by atoms with van der Waals surface area (Å²) in [4.78, 5) is 28.3. The van der Waals surface area contributed by atoms with E-state index in [1.807, 2.05) is 4.90 Å². The molecule has 4 rings (SSSR count). The van der Waals surface area contributed by atoms with E-state index in [0.29, 0.717) is 23.8 Å². The van der Waals surface area contributed by atoms with E-state index in [2.05, 4.69) is 20.1 Å². The maximum atomic E-state index is 16.1. The van der Waals surface area contributed by atoms with Gasteiger partial charge in [0.15, 0.2) is 5.82 Å². The van der Waals surface area contributed by atoms with Gasteiger partial charge in [0.1, 0.15) is 23.1 Å². The molecule has 3 aromatic heterocycles. The van der Waals surface area contributed by atoms with E-state index < -0.39 is 42.0 Å². The molecule has 4 aromatic rings. The molecule has 17 heteroatoms. The Kier molecular flexibility index (Phi) is 12.3. The zero-order valence-corrected chi connectivity index (χ0v) is 29.7. The third-order valence-electron chi connectivity index (χ3n) is 8.14. The summed E-state index contributed by atoms with van der Waals surface area (Å²) in [5.74, 6) is -3.83. The van der Waals surface area contributed by atoms with Gasteiger partial charge in [0, 0.05) is 48.9 Å². The predicted molar refractivity (Wildman–Crippen MR) is 184 cm³/mol. The highest BCUT2D eigenvalue weighted by molar-refractivity contribution is 7.97. The van der Waals surface area contributed by atoms with E-state index in [0.717, 1.165) is 25.8 Å². The van der Waals surface area contributed by atoms with E-state index in [4.69, 9.17) is 9.88 Å². The third-order valence-corrected chi connectivity index (χ3v) is 8.61. The van der Waals surface area contributed by atoms with Crippen LogP contribution in [0.5, 0.6) is 5.88 Å². The van der Waals surface area contributed by atoms with Crippen LogP contribution in [0.2, 0.25) is 0 Å². The minimum atomic E-state index is -4.50. The molecule has 0 unspecified atom stereocenters. The first-order valence-corrected chi connectivity index (χ1v) is 16.8. The molecule has 0 amide bonds. The summed E-state index contributed by atoms with van der Waals surface area (Å²) in [5.41, 5.74) is -3.36. The Morgan fingerprint density at radius 1 is 0.961 bits per heavy atom. The number of carboxylic acid groups (broad SMARTS) is 1. The van der Waals surface area contributed by atoms with Crippen LogP contribution in [-0.4, -0.2) is 86.7 Å². The van der Waals surface area contributed by atoms with Gasteiger partial charge in [-0.3, -0.25) is 14.9 Å². The number of ether oxygens (including phenoxy) is 1. The number of hydrogen-bond acceptors (Lipinski definition) is 10. The number of aliphatic carboxylic acids is 1. The second-order valence-electron chi connectivity index (χ2n) is 13.4. The van der Waals surface area contributed by atoms with Crippen LogP contribution in [-0.2, 0) is 10.7 Å². The number of anilines is 1. The van der Waals surface area contributed by atoms with Gasteiger partial charge in [0.05, 0.1) is 17.4 Å². The molecule has 0 aliphatic heterocycles. The van der Waals surface area contributed by atoms with Gasteiger partial charge in [0.25, 0.3) is 5.92 Å². The summed E-state index contributed by atoms with van der Waals surface area (Å²) in [5, 5.41) is 20.1. The zero-order valence-electron chi connectivity index (χ0n) is 28.9. The lowest BCUT2D eigenvalue weighted by atomic mass is 9.93. The Balaban J connectivity index is 1.50. The molecular formula is C34H41F5N8O3S. The number of benzene rings is 1. The SMILES string of the molecule is CN(CCCN(CC(C)(C)C(=O)O)c1cccc(SN)n1)CC(F)(F)c1ccccc1-c1nccnc1-n1ccc(OCC(C)(C)C(F)(F)F)n1. The van der Waals surface area contributed by atoms with E-state index in [1.165, 1.54) is 52.4 Å². The number of rotatable bonds is 17. The maximum Gasteiger partial charge on any atom is 0.397 e. The van der Waals surface area contributed by atoms with Crippen LogP contribution >= 0.6 is 11.9 Å². The van der Waals surface area contributed by atoms with Crippen molar-refractivity contribution >= 4 is 23.7 Å². The largest absolute Gasteiger partial charge is 0.481 e. The number of nitrogens with zero attached hydrogens (tertiary/aromatic N) is 7. The van der Waals surface area contributed by atoms with Crippen molar-refractivity contribution in [3.8, 4) is 23.0 Å². The zero-order chi connectivity index (χ0) is 37.6. The van der Waals surface area contributed by atoms with Gasteiger partial charge in [-0.25, -0.2) is 14.6 Å². The van der Waals surface area contributed by atoms with Crippen molar-refractivity contribution in [2.45, 2.75) is 51.2 Å². The first kappa shape index (κ1) is 39.4. The lowest BCUT2D eigenvalue weighted by Crippen LogP contribution is -2.41. The Labute approximate surface area is 297 Å². The van der Waals surface area contributed by atoms with Crippen LogP contribution in [0, 0.1) is 10.8 Å². The smallest absolute Gasteiger partial charge is 0.397 e.